The Morgan fingerprint density at radius 1 is 1.26 bits per heavy atom. The van der Waals surface area contributed by atoms with Gasteiger partial charge in [0.1, 0.15) is 0 Å². The molecule has 2 atom stereocenters. The van der Waals surface area contributed by atoms with Crippen molar-refractivity contribution in [1.82, 2.24) is 9.62 Å². The molecule has 1 aromatic rings. The van der Waals surface area contributed by atoms with E-state index in [-0.39, 0.29) is 24.1 Å². The van der Waals surface area contributed by atoms with Crippen molar-refractivity contribution in [3.63, 3.8) is 0 Å². The summed E-state index contributed by atoms with van der Waals surface area (Å²) in [5.74, 6) is 0.0850. The third kappa shape index (κ3) is 4.53. The Kier molecular flexibility index (Phi) is 5.78. The number of aliphatic hydroxyl groups excluding tert-OH is 1. The van der Waals surface area contributed by atoms with Gasteiger partial charge >= 0.3 is 0 Å². The van der Waals surface area contributed by atoms with Gasteiger partial charge in [0, 0.05) is 31.1 Å². The maximum Gasteiger partial charge on any atom is 0.253 e. The smallest absolute Gasteiger partial charge is 0.253 e. The van der Waals surface area contributed by atoms with E-state index in [1.165, 1.54) is 0 Å². The lowest BCUT2D eigenvalue weighted by Gasteiger charge is -2.16. The summed E-state index contributed by atoms with van der Waals surface area (Å²) in [5, 5.41) is 9.91. The number of nitrogens with zero attached hydrogens (tertiary/aromatic N) is 1. The molecular formula is C16H24N2O4S. The van der Waals surface area contributed by atoms with Gasteiger partial charge in [-0.05, 0) is 31.0 Å². The Morgan fingerprint density at radius 2 is 1.91 bits per heavy atom. The van der Waals surface area contributed by atoms with Crippen LogP contribution in [-0.4, -0.2) is 49.3 Å². The molecule has 23 heavy (non-hydrogen) atoms. The van der Waals surface area contributed by atoms with Crippen LogP contribution in [0.1, 0.15) is 36.2 Å². The summed E-state index contributed by atoms with van der Waals surface area (Å²) in [4.78, 5) is 14.1. The molecule has 6 nitrogen and oxygen atoms in total. The minimum absolute atomic E-state index is 0.0411. The predicted octanol–water partition coefficient (Wildman–Crippen LogP) is 0.969. The second-order valence-corrected chi connectivity index (χ2v) is 7.96. The van der Waals surface area contributed by atoms with Crippen molar-refractivity contribution in [3.8, 4) is 0 Å². The van der Waals surface area contributed by atoms with Gasteiger partial charge in [0.25, 0.3) is 5.91 Å². The first-order chi connectivity index (χ1) is 10.9. The summed E-state index contributed by atoms with van der Waals surface area (Å²) in [5.41, 5.74) is 1.35. The van der Waals surface area contributed by atoms with Crippen molar-refractivity contribution in [2.75, 3.05) is 18.8 Å². The second kappa shape index (κ2) is 7.42. The average Bonchev–Trinajstić information content (AvgIpc) is 2.94. The van der Waals surface area contributed by atoms with E-state index in [4.69, 9.17) is 0 Å². The van der Waals surface area contributed by atoms with Crippen LogP contribution in [0.4, 0.5) is 0 Å². The fraction of sp³-hybridized carbons (Fsp3) is 0.562. The van der Waals surface area contributed by atoms with Crippen LogP contribution in [0.15, 0.2) is 24.3 Å². The molecule has 0 radical (unpaired) electrons. The summed E-state index contributed by atoms with van der Waals surface area (Å²) in [6.45, 7) is 4.75. The number of nitrogens with one attached hydrogen (secondary N) is 1. The Hall–Kier alpha value is -1.44. The fourth-order valence-corrected chi connectivity index (χ4v) is 3.25. The third-order valence-corrected chi connectivity index (χ3v) is 5.64. The van der Waals surface area contributed by atoms with Crippen molar-refractivity contribution in [3.05, 3.63) is 35.4 Å². The van der Waals surface area contributed by atoms with E-state index in [1.807, 2.05) is 6.92 Å². The van der Waals surface area contributed by atoms with Crippen LogP contribution in [-0.2, 0) is 16.6 Å². The standard InChI is InChI=1S/C16H24N2O4S/c1-3-13-10-18(11-15(13)19)16(20)14-7-5-12(6-8-14)9-17-23(21,22)4-2/h5-8,13,15,17,19H,3-4,9-11H2,1-2H3. The SMILES string of the molecule is CCC1CN(C(=O)c2ccc(CNS(=O)(=O)CC)cc2)CC1O. The van der Waals surface area contributed by atoms with Crippen LogP contribution in [0.5, 0.6) is 0 Å². The number of carbonyl (C=O) groups excluding carboxylic acids is 1. The highest BCUT2D eigenvalue weighted by molar-refractivity contribution is 7.89. The molecule has 1 saturated heterocycles. The van der Waals surface area contributed by atoms with Gasteiger partial charge in [0.2, 0.25) is 10.0 Å². The zero-order valence-corrected chi connectivity index (χ0v) is 14.3. The minimum Gasteiger partial charge on any atom is -0.391 e. The highest BCUT2D eigenvalue weighted by Crippen LogP contribution is 2.22. The molecule has 1 amide bonds. The predicted molar refractivity (Wildman–Crippen MR) is 88.4 cm³/mol. The molecule has 0 aromatic heterocycles. The Morgan fingerprint density at radius 3 is 2.43 bits per heavy atom. The van der Waals surface area contributed by atoms with E-state index in [0.717, 1.165) is 12.0 Å². The van der Waals surface area contributed by atoms with E-state index in [2.05, 4.69) is 4.72 Å². The molecule has 1 aliphatic heterocycles. The molecule has 128 valence electrons. The average molecular weight is 340 g/mol. The van der Waals surface area contributed by atoms with Crippen molar-refractivity contribution >= 4 is 15.9 Å². The zero-order valence-electron chi connectivity index (χ0n) is 13.5. The van der Waals surface area contributed by atoms with Crippen LogP contribution >= 0.6 is 0 Å². The van der Waals surface area contributed by atoms with E-state index in [9.17, 15) is 18.3 Å². The van der Waals surface area contributed by atoms with Gasteiger partial charge in [0.15, 0.2) is 0 Å². The number of aliphatic hydroxyl groups is 1. The van der Waals surface area contributed by atoms with E-state index >= 15 is 0 Å². The number of amides is 1. The van der Waals surface area contributed by atoms with Crippen LogP contribution < -0.4 is 4.72 Å². The molecule has 1 heterocycles. The van der Waals surface area contributed by atoms with Gasteiger partial charge in [-0.15, -0.1) is 0 Å². The molecule has 0 spiro atoms. The molecule has 2 unspecified atom stereocenters. The Labute approximate surface area is 137 Å². The molecule has 2 N–H and O–H groups in total. The lowest BCUT2D eigenvalue weighted by Crippen LogP contribution is -2.29. The number of hydrogen-bond donors (Lipinski definition) is 2. The molecule has 2 rings (SSSR count). The third-order valence-electron chi connectivity index (χ3n) is 4.30. The van der Waals surface area contributed by atoms with Crippen molar-refractivity contribution in [1.29, 1.82) is 0 Å². The number of benzene rings is 1. The lowest BCUT2D eigenvalue weighted by molar-refractivity contribution is 0.0764. The van der Waals surface area contributed by atoms with E-state index < -0.39 is 16.1 Å². The summed E-state index contributed by atoms with van der Waals surface area (Å²) in [6, 6.07) is 6.89. The number of β-amino-alcohol motifs (C(OH)–C–C–N with tert-alkyl or cyclic N) is 1. The molecule has 1 aliphatic rings. The van der Waals surface area contributed by atoms with Gasteiger partial charge in [-0.2, -0.15) is 0 Å². The summed E-state index contributed by atoms with van der Waals surface area (Å²) >= 11 is 0. The van der Waals surface area contributed by atoms with Crippen LogP contribution in [0, 0.1) is 5.92 Å². The van der Waals surface area contributed by atoms with Crippen LogP contribution in [0.3, 0.4) is 0 Å². The molecule has 0 saturated carbocycles. The first-order valence-corrected chi connectivity index (χ1v) is 9.55. The number of carbonyl (C=O) groups is 1. The number of rotatable bonds is 6. The normalized spacial score (nSPS) is 21.6. The van der Waals surface area contributed by atoms with Gasteiger partial charge < -0.3 is 10.0 Å². The zero-order chi connectivity index (χ0) is 17.0. The van der Waals surface area contributed by atoms with Gasteiger partial charge in [-0.25, -0.2) is 13.1 Å². The maximum absolute atomic E-state index is 12.4. The van der Waals surface area contributed by atoms with E-state index in [1.54, 1.807) is 36.1 Å². The monoisotopic (exact) mass is 340 g/mol. The topological polar surface area (TPSA) is 86.7 Å². The molecule has 1 fully saturated rings. The lowest BCUT2D eigenvalue weighted by atomic mass is 10.0. The highest BCUT2D eigenvalue weighted by Gasteiger charge is 2.33. The summed E-state index contributed by atoms with van der Waals surface area (Å²) in [6.07, 6.45) is 0.397. The van der Waals surface area contributed by atoms with Crippen LogP contribution in [0.2, 0.25) is 0 Å². The summed E-state index contributed by atoms with van der Waals surface area (Å²) < 4.78 is 25.3. The first kappa shape index (κ1) is 17.9. The Bertz CT molecular complexity index is 643. The van der Waals surface area contributed by atoms with Crippen LogP contribution in [0.25, 0.3) is 0 Å². The largest absolute Gasteiger partial charge is 0.391 e. The van der Waals surface area contributed by atoms with Gasteiger partial charge in [-0.3, -0.25) is 4.79 Å². The molecule has 7 heteroatoms. The Balaban J connectivity index is 1.98. The van der Waals surface area contributed by atoms with Crippen molar-refractivity contribution in [2.24, 2.45) is 5.92 Å². The summed E-state index contributed by atoms with van der Waals surface area (Å²) in [7, 11) is -3.23. The first-order valence-electron chi connectivity index (χ1n) is 7.90. The molecule has 0 bridgehead atoms. The van der Waals surface area contributed by atoms with Crippen molar-refractivity contribution < 1.29 is 18.3 Å². The quantitative estimate of drug-likeness (QED) is 0.808. The molecular weight excluding hydrogens is 316 g/mol. The molecule has 0 aliphatic carbocycles. The number of sulfonamides is 1. The number of likely N-dealkylation sites (tertiary alicyclic amines) is 1. The molecule has 1 aromatic carbocycles. The fourth-order valence-electron chi connectivity index (χ4n) is 2.66. The minimum atomic E-state index is -3.23. The maximum atomic E-state index is 12.4. The van der Waals surface area contributed by atoms with Gasteiger partial charge in [0.05, 0.1) is 11.9 Å². The number of hydrogen-bond acceptors (Lipinski definition) is 4. The van der Waals surface area contributed by atoms with E-state index in [0.29, 0.717) is 18.7 Å². The van der Waals surface area contributed by atoms with Gasteiger partial charge in [-0.1, -0.05) is 19.1 Å². The van der Waals surface area contributed by atoms with Crippen molar-refractivity contribution in [2.45, 2.75) is 32.9 Å². The highest BCUT2D eigenvalue weighted by atomic mass is 32.2. The second-order valence-electron chi connectivity index (χ2n) is 5.87.